The lowest BCUT2D eigenvalue weighted by molar-refractivity contribution is 0.0906. The molecule has 0 spiro atoms. The van der Waals surface area contributed by atoms with E-state index in [1.165, 1.54) is 6.42 Å². The number of hydrogen-bond acceptors (Lipinski definition) is 3. The molecule has 1 heterocycles. The zero-order valence-corrected chi connectivity index (χ0v) is 13.4. The topological polar surface area (TPSA) is 54.0 Å². The summed E-state index contributed by atoms with van der Waals surface area (Å²) >= 11 is 0. The van der Waals surface area contributed by atoms with Gasteiger partial charge in [0.25, 0.3) is 5.91 Å². The van der Waals surface area contributed by atoms with E-state index in [4.69, 9.17) is 0 Å². The number of nitrogens with one attached hydrogen (secondary N) is 2. The highest BCUT2D eigenvalue weighted by atomic mass is 16.1. The largest absolute Gasteiger partial charge is 0.384 e. The fourth-order valence-electron chi connectivity index (χ4n) is 3.23. The Morgan fingerprint density at radius 3 is 2.52 bits per heavy atom. The molecule has 0 aromatic carbocycles. The van der Waals surface area contributed by atoms with Crippen LogP contribution in [0.5, 0.6) is 0 Å². The van der Waals surface area contributed by atoms with E-state index in [1.807, 2.05) is 6.07 Å². The zero-order valence-electron chi connectivity index (χ0n) is 13.4. The number of amides is 1. The van der Waals surface area contributed by atoms with Crippen LogP contribution in [-0.4, -0.2) is 23.5 Å². The van der Waals surface area contributed by atoms with E-state index in [0.717, 1.165) is 31.5 Å². The van der Waals surface area contributed by atoms with Crippen molar-refractivity contribution in [1.82, 2.24) is 10.3 Å². The van der Waals surface area contributed by atoms with Gasteiger partial charge < -0.3 is 10.6 Å². The van der Waals surface area contributed by atoms with Gasteiger partial charge in [-0.3, -0.25) is 4.79 Å². The molecule has 1 aliphatic rings. The standard InChI is InChI=1S/C17H27N3O/c1-4-7-18-14-5-6-16(19-11-14)17(21)20-15-9-12(2)8-13(3)10-15/h5-6,11-13,15,18H,4,7-10H2,1-3H3,(H,20,21). The number of nitrogens with zero attached hydrogens (tertiary/aromatic N) is 1. The van der Waals surface area contributed by atoms with Crippen LogP contribution in [0.25, 0.3) is 0 Å². The molecule has 116 valence electrons. The fraction of sp³-hybridized carbons (Fsp3) is 0.647. The molecule has 0 radical (unpaired) electrons. The minimum atomic E-state index is -0.0525. The van der Waals surface area contributed by atoms with E-state index < -0.39 is 0 Å². The third-order valence-electron chi connectivity index (χ3n) is 4.09. The summed E-state index contributed by atoms with van der Waals surface area (Å²) in [5.41, 5.74) is 1.47. The first-order valence-electron chi connectivity index (χ1n) is 8.09. The summed E-state index contributed by atoms with van der Waals surface area (Å²) in [6.07, 6.45) is 6.22. The highest BCUT2D eigenvalue weighted by molar-refractivity contribution is 5.92. The zero-order chi connectivity index (χ0) is 15.2. The molecular formula is C17H27N3O. The maximum Gasteiger partial charge on any atom is 0.270 e. The molecule has 1 fully saturated rings. The Balaban J connectivity index is 1.90. The Labute approximate surface area is 127 Å². The second kappa shape index (κ2) is 7.43. The maximum absolute atomic E-state index is 12.3. The van der Waals surface area contributed by atoms with E-state index >= 15 is 0 Å². The molecule has 0 saturated heterocycles. The second-order valence-electron chi connectivity index (χ2n) is 6.45. The predicted molar refractivity (Wildman–Crippen MR) is 86.5 cm³/mol. The molecule has 1 aromatic rings. The van der Waals surface area contributed by atoms with Crippen molar-refractivity contribution >= 4 is 11.6 Å². The Hall–Kier alpha value is -1.58. The lowest BCUT2D eigenvalue weighted by Gasteiger charge is -2.31. The molecule has 1 aromatic heterocycles. The van der Waals surface area contributed by atoms with E-state index in [0.29, 0.717) is 17.5 Å². The summed E-state index contributed by atoms with van der Waals surface area (Å²) in [6, 6.07) is 4.00. The van der Waals surface area contributed by atoms with Crippen LogP contribution in [0, 0.1) is 11.8 Å². The number of hydrogen-bond donors (Lipinski definition) is 2. The molecule has 1 amide bonds. The lowest BCUT2D eigenvalue weighted by Crippen LogP contribution is -2.40. The molecule has 0 aliphatic heterocycles. The van der Waals surface area contributed by atoms with Crippen LogP contribution in [0.15, 0.2) is 18.3 Å². The minimum absolute atomic E-state index is 0.0525. The van der Waals surface area contributed by atoms with Crippen molar-refractivity contribution in [3.63, 3.8) is 0 Å². The first-order valence-corrected chi connectivity index (χ1v) is 8.09. The third-order valence-corrected chi connectivity index (χ3v) is 4.09. The molecule has 1 aliphatic carbocycles. The number of carbonyl (C=O) groups excluding carboxylic acids is 1. The molecule has 21 heavy (non-hydrogen) atoms. The number of aromatic nitrogens is 1. The molecule has 2 N–H and O–H groups in total. The normalized spacial score (nSPS) is 25.4. The van der Waals surface area contributed by atoms with Crippen molar-refractivity contribution in [3.05, 3.63) is 24.0 Å². The Morgan fingerprint density at radius 2 is 1.95 bits per heavy atom. The van der Waals surface area contributed by atoms with Crippen molar-refractivity contribution in [1.29, 1.82) is 0 Å². The number of anilines is 1. The third kappa shape index (κ3) is 4.73. The van der Waals surface area contributed by atoms with Crippen molar-refractivity contribution in [2.24, 2.45) is 11.8 Å². The van der Waals surface area contributed by atoms with Gasteiger partial charge in [-0.05, 0) is 49.7 Å². The van der Waals surface area contributed by atoms with Gasteiger partial charge in [-0.2, -0.15) is 0 Å². The van der Waals surface area contributed by atoms with E-state index in [1.54, 1.807) is 12.3 Å². The van der Waals surface area contributed by atoms with Crippen molar-refractivity contribution in [2.75, 3.05) is 11.9 Å². The van der Waals surface area contributed by atoms with Gasteiger partial charge >= 0.3 is 0 Å². The smallest absolute Gasteiger partial charge is 0.270 e. The summed E-state index contributed by atoms with van der Waals surface area (Å²) in [5, 5.41) is 6.40. The molecule has 2 rings (SSSR count). The van der Waals surface area contributed by atoms with Crippen LogP contribution in [0.2, 0.25) is 0 Å². The van der Waals surface area contributed by atoms with Crippen LogP contribution in [0.1, 0.15) is 56.9 Å². The quantitative estimate of drug-likeness (QED) is 0.873. The van der Waals surface area contributed by atoms with Gasteiger partial charge in [-0.25, -0.2) is 4.98 Å². The first-order chi connectivity index (χ1) is 10.1. The summed E-state index contributed by atoms with van der Waals surface area (Å²) in [7, 11) is 0. The summed E-state index contributed by atoms with van der Waals surface area (Å²) < 4.78 is 0. The summed E-state index contributed by atoms with van der Waals surface area (Å²) in [6.45, 7) is 7.57. The van der Waals surface area contributed by atoms with Crippen LogP contribution in [0.3, 0.4) is 0 Å². The number of carbonyl (C=O) groups is 1. The van der Waals surface area contributed by atoms with E-state index in [9.17, 15) is 4.79 Å². The molecular weight excluding hydrogens is 262 g/mol. The van der Waals surface area contributed by atoms with Gasteiger partial charge in [0.05, 0.1) is 11.9 Å². The van der Waals surface area contributed by atoms with Gasteiger partial charge in [0.15, 0.2) is 0 Å². The van der Waals surface area contributed by atoms with E-state index in [2.05, 4.69) is 36.4 Å². The molecule has 1 saturated carbocycles. The average Bonchev–Trinajstić information content (AvgIpc) is 2.44. The Kier molecular flexibility index (Phi) is 5.59. The minimum Gasteiger partial charge on any atom is -0.384 e. The van der Waals surface area contributed by atoms with E-state index in [-0.39, 0.29) is 11.9 Å². The SMILES string of the molecule is CCCNc1ccc(C(=O)NC2CC(C)CC(C)C2)nc1. The van der Waals surface area contributed by atoms with Crippen LogP contribution in [-0.2, 0) is 0 Å². The highest BCUT2D eigenvalue weighted by Gasteiger charge is 2.25. The maximum atomic E-state index is 12.3. The van der Waals surface area contributed by atoms with Crippen LogP contribution in [0.4, 0.5) is 5.69 Å². The summed E-state index contributed by atoms with van der Waals surface area (Å²) in [4.78, 5) is 16.5. The van der Waals surface area contributed by atoms with Gasteiger partial charge in [0.2, 0.25) is 0 Å². The first kappa shape index (κ1) is 15.8. The average molecular weight is 289 g/mol. The Bertz CT molecular complexity index is 448. The Morgan fingerprint density at radius 1 is 1.24 bits per heavy atom. The van der Waals surface area contributed by atoms with Crippen LogP contribution >= 0.6 is 0 Å². The fourth-order valence-corrected chi connectivity index (χ4v) is 3.23. The van der Waals surface area contributed by atoms with Gasteiger partial charge in [-0.1, -0.05) is 20.8 Å². The number of pyridine rings is 1. The number of rotatable bonds is 5. The molecule has 2 atom stereocenters. The van der Waals surface area contributed by atoms with Gasteiger partial charge in [0, 0.05) is 12.6 Å². The predicted octanol–water partition coefficient (Wildman–Crippen LogP) is 3.46. The van der Waals surface area contributed by atoms with Crippen LogP contribution < -0.4 is 10.6 Å². The molecule has 2 unspecified atom stereocenters. The van der Waals surface area contributed by atoms with Crippen molar-refractivity contribution < 1.29 is 4.79 Å². The molecule has 4 nitrogen and oxygen atoms in total. The highest BCUT2D eigenvalue weighted by Crippen LogP contribution is 2.28. The van der Waals surface area contributed by atoms with Gasteiger partial charge in [0.1, 0.15) is 5.69 Å². The van der Waals surface area contributed by atoms with Crippen molar-refractivity contribution in [3.8, 4) is 0 Å². The monoisotopic (exact) mass is 289 g/mol. The second-order valence-corrected chi connectivity index (χ2v) is 6.45. The molecule has 0 bridgehead atoms. The lowest BCUT2D eigenvalue weighted by atomic mass is 9.80. The van der Waals surface area contributed by atoms with Crippen molar-refractivity contribution in [2.45, 2.75) is 52.5 Å². The molecule has 4 heteroatoms. The summed E-state index contributed by atoms with van der Waals surface area (Å²) in [5.74, 6) is 1.32. The van der Waals surface area contributed by atoms with Gasteiger partial charge in [-0.15, -0.1) is 0 Å².